The molecule has 4 aromatic rings. The summed E-state index contributed by atoms with van der Waals surface area (Å²) in [6.07, 6.45) is 0. The Morgan fingerprint density at radius 2 is 1.61 bits per heavy atom. The molecular weight excluding hydrogens is 508 g/mol. The normalized spacial score (nSPS) is 10.2. The van der Waals surface area contributed by atoms with E-state index in [1.54, 1.807) is 49.5 Å². The van der Waals surface area contributed by atoms with Crippen LogP contribution in [0.15, 0.2) is 60.7 Å². The van der Waals surface area contributed by atoms with Crippen LogP contribution in [0.4, 0.5) is 17.1 Å². The Hall–Kier alpha value is -4.63. The molecule has 0 unspecified atom stereocenters. The van der Waals surface area contributed by atoms with Crippen molar-refractivity contribution in [1.82, 2.24) is 5.32 Å². The molecule has 38 heavy (non-hydrogen) atoms. The van der Waals surface area contributed by atoms with Crippen molar-refractivity contribution >= 4 is 51.2 Å². The molecule has 2 amide bonds. The first-order valence-corrected chi connectivity index (χ1v) is 11.8. The number of aromatic hydroxyl groups is 1. The number of nitrogens with one attached hydrogen (secondary N) is 2. The van der Waals surface area contributed by atoms with E-state index < -0.39 is 5.91 Å². The number of halogens is 1. The molecule has 0 fully saturated rings. The van der Waals surface area contributed by atoms with Gasteiger partial charge in [-0.05, 0) is 48.2 Å². The highest BCUT2D eigenvalue weighted by Crippen LogP contribution is 2.36. The summed E-state index contributed by atoms with van der Waals surface area (Å²) in [7, 11) is 4.59. The monoisotopic (exact) mass is 536 g/mol. The second-order valence-corrected chi connectivity index (χ2v) is 8.61. The van der Waals surface area contributed by atoms with Crippen molar-refractivity contribution in [1.29, 1.82) is 0 Å². The highest BCUT2D eigenvalue weighted by molar-refractivity contribution is 6.31. The number of rotatable bonds is 5. The van der Waals surface area contributed by atoms with Gasteiger partial charge in [-0.1, -0.05) is 35.9 Å². The Morgan fingerprint density at radius 3 is 2.24 bits per heavy atom. The molecule has 4 aromatic carbocycles. The molecule has 7 N–H and O–H groups in total. The summed E-state index contributed by atoms with van der Waals surface area (Å²) in [5.41, 5.74) is 14.1. The second-order valence-electron chi connectivity index (χ2n) is 8.20. The third-order valence-electron chi connectivity index (χ3n) is 5.75. The number of anilines is 3. The third kappa shape index (κ3) is 6.01. The topological polar surface area (TPSA) is 149 Å². The lowest BCUT2D eigenvalue weighted by atomic mass is 10.0. The fourth-order valence-electron chi connectivity index (χ4n) is 3.68. The van der Waals surface area contributed by atoms with Crippen LogP contribution in [0, 0.1) is 6.92 Å². The molecule has 0 heterocycles. The molecule has 0 aliphatic heterocycles. The molecule has 198 valence electrons. The fourth-order valence-corrected chi connectivity index (χ4v) is 3.83. The number of carbonyl (C=O) groups is 2. The SMILES string of the molecule is CNC(=O)c1ccc(OC)c(N)c1.COc1cc(Cl)c(C)cc1NC(=O)c1cc2ccccc2c(N)c1O. The Morgan fingerprint density at radius 1 is 0.921 bits per heavy atom. The van der Waals surface area contributed by atoms with E-state index in [0.29, 0.717) is 38.8 Å². The van der Waals surface area contributed by atoms with Gasteiger partial charge in [-0.25, -0.2) is 0 Å². The predicted octanol–water partition coefficient (Wildman–Crippen LogP) is 4.99. The van der Waals surface area contributed by atoms with E-state index in [1.165, 1.54) is 14.2 Å². The number of aryl methyl sites for hydroxylation is 1. The summed E-state index contributed by atoms with van der Waals surface area (Å²) in [5.74, 6) is 0.107. The van der Waals surface area contributed by atoms with Crippen molar-refractivity contribution in [2.45, 2.75) is 6.92 Å². The number of phenols is 1. The molecule has 0 atom stereocenters. The lowest BCUT2D eigenvalue weighted by Crippen LogP contribution is -2.17. The van der Waals surface area contributed by atoms with Crippen molar-refractivity contribution in [3.05, 3.63) is 82.4 Å². The van der Waals surface area contributed by atoms with Crippen molar-refractivity contribution in [2.24, 2.45) is 0 Å². The van der Waals surface area contributed by atoms with Crippen LogP contribution in [0.2, 0.25) is 5.02 Å². The van der Waals surface area contributed by atoms with Crippen LogP contribution >= 0.6 is 11.6 Å². The van der Waals surface area contributed by atoms with E-state index in [4.69, 9.17) is 32.5 Å². The zero-order valence-electron chi connectivity index (χ0n) is 21.4. The summed E-state index contributed by atoms with van der Waals surface area (Å²) in [6.45, 7) is 1.82. The molecule has 4 rings (SSSR count). The van der Waals surface area contributed by atoms with Crippen LogP contribution in [-0.4, -0.2) is 38.2 Å². The molecule has 0 bridgehead atoms. The number of ether oxygens (including phenoxy) is 2. The first-order chi connectivity index (χ1) is 18.1. The molecule has 10 heteroatoms. The number of phenolic OH excluding ortho intramolecular Hbond substituents is 1. The largest absolute Gasteiger partial charge is 0.505 e. The van der Waals surface area contributed by atoms with Crippen LogP contribution < -0.4 is 31.6 Å². The van der Waals surface area contributed by atoms with Gasteiger partial charge in [0.1, 0.15) is 11.5 Å². The number of hydrogen-bond donors (Lipinski definition) is 5. The van der Waals surface area contributed by atoms with Crippen LogP contribution in [0.3, 0.4) is 0 Å². The molecule has 0 spiro atoms. The summed E-state index contributed by atoms with van der Waals surface area (Å²) in [5, 5.41) is 17.6. The van der Waals surface area contributed by atoms with Gasteiger partial charge in [-0.2, -0.15) is 0 Å². The van der Waals surface area contributed by atoms with Gasteiger partial charge in [0.05, 0.1) is 36.8 Å². The minimum Gasteiger partial charge on any atom is -0.505 e. The van der Waals surface area contributed by atoms with Gasteiger partial charge in [-0.15, -0.1) is 0 Å². The maximum absolute atomic E-state index is 12.7. The van der Waals surface area contributed by atoms with Crippen LogP contribution in [-0.2, 0) is 0 Å². The highest BCUT2D eigenvalue weighted by atomic mass is 35.5. The standard InChI is InChI=1S/C19H17ClN2O3.C9H12N2O2/c1-10-7-15(16(25-2)9-14(10)20)22-19(24)13-8-11-5-3-4-6-12(11)17(21)18(13)23;1-11-9(12)6-3-4-8(13-2)7(10)5-6/h3-9,23H,21H2,1-2H3,(H,22,24);3-5H,10H2,1-2H3,(H,11,12). The quantitative estimate of drug-likeness (QED) is 0.178. The molecule has 0 radical (unpaired) electrons. The molecule has 0 aliphatic carbocycles. The number of hydrogen-bond acceptors (Lipinski definition) is 7. The lowest BCUT2D eigenvalue weighted by molar-refractivity contribution is 0.0962. The molecule has 9 nitrogen and oxygen atoms in total. The van der Waals surface area contributed by atoms with Gasteiger partial charge in [0.2, 0.25) is 0 Å². The number of benzene rings is 4. The zero-order valence-corrected chi connectivity index (χ0v) is 22.1. The Bertz CT molecular complexity index is 1510. The molecule has 0 saturated heterocycles. The maximum atomic E-state index is 12.7. The summed E-state index contributed by atoms with van der Waals surface area (Å²) in [4.78, 5) is 23.8. The number of carbonyl (C=O) groups excluding carboxylic acids is 2. The molecule has 0 saturated carbocycles. The number of fused-ring (bicyclic) bond motifs is 1. The summed E-state index contributed by atoms with van der Waals surface area (Å²) in [6, 6.07) is 17.1. The third-order valence-corrected chi connectivity index (χ3v) is 6.16. The van der Waals surface area contributed by atoms with Gasteiger partial charge in [0.25, 0.3) is 11.8 Å². The summed E-state index contributed by atoms with van der Waals surface area (Å²) >= 11 is 6.08. The van der Waals surface area contributed by atoms with Crippen molar-refractivity contribution in [3.63, 3.8) is 0 Å². The minimum atomic E-state index is -0.491. The molecule has 0 aromatic heterocycles. The summed E-state index contributed by atoms with van der Waals surface area (Å²) < 4.78 is 10.2. The molecular formula is C28H29ClN4O5. The van der Waals surface area contributed by atoms with Gasteiger partial charge in [0.15, 0.2) is 5.75 Å². The van der Waals surface area contributed by atoms with Gasteiger partial charge in [0, 0.05) is 29.1 Å². The van der Waals surface area contributed by atoms with Crippen LogP contribution in [0.25, 0.3) is 10.8 Å². The second kappa shape index (κ2) is 12.1. The van der Waals surface area contributed by atoms with E-state index in [1.807, 2.05) is 25.1 Å². The van der Waals surface area contributed by atoms with E-state index in [-0.39, 0.29) is 22.9 Å². The Balaban J connectivity index is 0.000000260. The van der Waals surface area contributed by atoms with Crippen molar-refractivity contribution in [3.8, 4) is 17.2 Å². The maximum Gasteiger partial charge on any atom is 0.259 e. The lowest BCUT2D eigenvalue weighted by Gasteiger charge is -2.14. The van der Waals surface area contributed by atoms with Crippen molar-refractivity contribution in [2.75, 3.05) is 38.1 Å². The van der Waals surface area contributed by atoms with Gasteiger partial charge in [-0.3, -0.25) is 9.59 Å². The van der Waals surface area contributed by atoms with Gasteiger partial charge < -0.3 is 36.7 Å². The van der Waals surface area contributed by atoms with E-state index in [9.17, 15) is 14.7 Å². The first-order valence-electron chi connectivity index (χ1n) is 11.4. The first kappa shape index (κ1) is 27.9. The Kier molecular flexibility index (Phi) is 8.88. The minimum absolute atomic E-state index is 0.0888. The van der Waals surface area contributed by atoms with Gasteiger partial charge >= 0.3 is 0 Å². The number of nitrogen functional groups attached to an aromatic ring is 2. The highest BCUT2D eigenvalue weighted by Gasteiger charge is 2.18. The molecule has 0 aliphatic rings. The number of amides is 2. The number of nitrogens with two attached hydrogens (primary N) is 2. The van der Waals surface area contributed by atoms with E-state index in [0.717, 1.165) is 10.9 Å². The number of methoxy groups -OCH3 is 2. The smallest absolute Gasteiger partial charge is 0.259 e. The predicted molar refractivity (Wildman–Crippen MR) is 152 cm³/mol. The fraction of sp³-hybridized carbons (Fsp3) is 0.143. The van der Waals surface area contributed by atoms with Crippen LogP contribution in [0.5, 0.6) is 17.2 Å². The average molecular weight is 537 g/mol. The van der Waals surface area contributed by atoms with Crippen LogP contribution in [0.1, 0.15) is 26.3 Å². The average Bonchev–Trinajstić information content (AvgIpc) is 2.92. The zero-order chi connectivity index (χ0) is 28.0. The van der Waals surface area contributed by atoms with E-state index >= 15 is 0 Å². The van der Waals surface area contributed by atoms with Crippen molar-refractivity contribution < 1.29 is 24.2 Å². The Labute approximate surface area is 225 Å². The van der Waals surface area contributed by atoms with E-state index in [2.05, 4.69) is 10.6 Å².